The highest BCUT2D eigenvalue weighted by atomic mass is 32.1. The summed E-state index contributed by atoms with van der Waals surface area (Å²) < 4.78 is 4.18. The van der Waals surface area contributed by atoms with Crippen molar-refractivity contribution in [3.63, 3.8) is 0 Å². The van der Waals surface area contributed by atoms with Crippen molar-refractivity contribution in [3.05, 3.63) is 16.0 Å². The average molecular weight is 115 g/mol. The zero-order chi connectivity index (χ0) is 5.28. The molecule has 0 saturated heterocycles. The van der Waals surface area contributed by atoms with Gasteiger partial charge in [0.05, 0.1) is 0 Å². The van der Waals surface area contributed by atoms with Crippen LogP contribution < -0.4 is 10.7 Å². The summed E-state index contributed by atoms with van der Waals surface area (Å²) in [4.78, 5) is 9.51. The third-order valence-electron chi connectivity index (χ3n) is 0.444. The van der Waals surface area contributed by atoms with E-state index in [1.807, 2.05) is 0 Å². The molecule has 36 valence electrons. The van der Waals surface area contributed by atoms with Crippen LogP contribution in [0.1, 0.15) is 0 Å². The number of rotatable bonds is 0. The monoisotopic (exact) mass is 115 g/mol. The van der Waals surface area contributed by atoms with Gasteiger partial charge in [-0.1, -0.05) is 0 Å². The van der Waals surface area contributed by atoms with Gasteiger partial charge in [-0.15, -0.1) is 5.73 Å². The second-order valence-corrected chi connectivity index (χ2v) is 1.88. The summed E-state index contributed by atoms with van der Waals surface area (Å²) in [6.45, 7) is 0. The third kappa shape index (κ3) is 0.806. The smallest absolute Gasteiger partial charge is 0.397 e. The fourth-order valence-corrected chi connectivity index (χ4v) is 0.595. The normalized spacial score (nSPS) is 9.14. The molecule has 4 heteroatoms. The molecule has 0 bridgehead atoms. The maximum Gasteiger partial charge on any atom is 0.397 e. The van der Waals surface area contributed by atoms with Crippen molar-refractivity contribution < 1.29 is 4.42 Å². The second-order valence-electron chi connectivity index (χ2n) is 0.926. The molecular weight excluding hydrogens is 114 g/mol. The van der Waals surface area contributed by atoms with Gasteiger partial charge in [0.15, 0.2) is 5.00 Å². The lowest BCUT2D eigenvalue weighted by Gasteiger charge is -1.56. The highest BCUT2D eigenvalue weighted by Gasteiger charge is 1.90. The first-order valence-corrected chi connectivity index (χ1v) is 2.38. The molecule has 0 saturated carbocycles. The zero-order valence-electron chi connectivity index (χ0n) is 3.25. The predicted octanol–water partition coefficient (Wildman–Crippen LogP) is 0.401. The zero-order valence-corrected chi connectivity index (χ0v) is 4.07. The lowest BCUT2D eigenvalue weighted by Crippen LogP contribution is -1.78. The van der Waals surface area contributed by atoms with Gasteiger partial charge in [-0.3, -0.25) is 0 Å². The van der Waals surface area contributed by atoms with Crippen molar-refractivity contribution in [2.75, 3.05) is 0 Å². The van der Waals surface area contributed by atoms with Gasteiger partial charge >= 0.3 is 4.94 Å². The van der Waals surface area contributed by atoms with Gasteiger partial charge in [0.25, 0.3) is 0 Å². The van der Waals surface area contributed by atoms with E-state index in [0.29, 0.717) is 11.3 Å². The van der Waals surface area contributed by atoms with Crippen molar-refractivity contribution in [2.24, 2.45) is 0 Å². The summed E-state index contributed by atoms with van der Waals surface area (Å²) in [5.74, 6) is 0. The molecule has 2 radical (unpaired) electrons. The molecule has 0 N–H and O–H groups in total. The first kappa shape index (κ1) is 4.39. The van der Waals surface area contributed by atoms with Gasteiger partial charge in [-0.05, 0) is 11.3 Å². The van der Waals surface area contributed by atoms with Crippen LogP contribution in [0.5, 0.6) is 0 Å². The number of hydrogen-bond donors (Lipinski definition) is 0. The minimum atomic E-state index is -0.475. The van der Waals surface area contributed by atoms with E-state index >= 15 is 0 Å². The van der Waals surface area contributed by atoms with Gasteiger partial charge in [-0.2, -0.15) is 0 Å². The van der Waals surface area contributed by atoms with E-state index in [1.165, 1.54) is 0 Å². The first-order valence-electron chi connectivity index (χ1n) is 1.56. The SMILES string of the molecule is [N]c1coc(=O)s1. The lowest BCUT2D eigenvalue weighted by molar-refractivity contribution is 0.538. The molecule has 0 fully saturated rings. The third-order valence-corrected chi connectivity index (χ3v) is 1.01. The van der Waals surface area contributed by atoms with Crippen LogP contribution in [0.2, 0.25) is 0 Å². The van der Waals surface area contributed by atoms with Crippen LogP contribution in [0.15, 0.2) is 15.5 Å². The van der Waals surface area contributed by atoms with Crippen LogP contribution in [0.4, 0.5) is 5.00 Å². The molecule has 1 heterocycles. The van der Waals surface area contributed by atoms with Crippen molar-refractivity contribution in [1.82, 2.24) is 5.73 Å². The molecule has 0 unspecified atom stereocenters. The standard InChI is InChI=1S/C3HNO2S/c4-2-1-6-3(5)7-2/h1H. The minimum absolute atomic E-state index is 0.0787. The molecule has 1 aromatic heterocycles. The molecule has 0 aliphatic rings. The molecule has 3 nitrogen and oxygen atoms in total. The molecule has 0 aliphatic carbocycles. The Bertz CT molecular complexity index is 201. The summed E-state index contributed by atoms with van der Waals surface area (Å²) in [7, 11) is 0. The van der Waals surface area contributed by atoms with Crippen LogP contribution >= 0.6 is 11.3 Å². The molecule has 0 amide bonds. The Morgan fingerprint density at radius 1 is 1.86 bits per heavy atom. The highest BCUT2D eigenvalue weighted by molar-refractivity contribution is 7.12. The Labute approximate surface area is 43.4 Å². The van der Waals surface area contributed by atoms with Gasteiger partial charge in [0.2, 0.25) is 0 Å². The van der Waals surface area contributed by atoms with Crippen molar-refractivity contribution in [2.45, 2.75) is 0 Å². The minimum Gasteiger partial charge on any atom is -0.420 e. The predicted molar refractivity (Wildman–Crippen MR) is 24.6 cm³/mol. The molecule has 0 aromatic carbocycles. The fraction of sp³-hybridized carbons (Fsp3) is 0. The van der Waals surface area contributed by atoms with Crippen LogP contribution in [-0.4, -0.2) is 0 Å². The second kappa shape index (κ2) is 1.38. The fourth-order valence-electron chi connectivity index (χ4n) is 0.232. The van der Waals surface area contributed by atoms with Gasteiger partial charge in [0.1, 0.15) is 6.26 Å². The maximum atomic E-state index is 9.98. The molecule has 0 spiro atoms. The van der Waals surface area contributed by atoms with Gasteiger partial charge < -0.3 is 4.42 Å². The Morgan fingerprint density at radius 3 is 2.71 bits per heavy atom. The molecule has 1 aromatic rings. The summed E-state index contributed by atoms with van der Waals surface area (Å²) in [6.07, 6.45) is 1.01. The molecule has 7 heavy (non-hydrogen) atoms. The molecule has 1 rings (SSSR count). The van der Waals surface area contributed by atoms with E-state index < -0.39 is 4.94 Å². The first-order chi connectivity index (χ1) is 3.29. The lowest BCUT2D eigenvalue weighted by atomic mass is 10.9. The summed E-state index contributed by atoms with van der Waals surface area (Å²) in [6, 6.07) is 0. The van der Waals surface area contributed by atoms with Crippen LogP contribution in [0, 0.1) is 0 Å². The molecule has 0 aliphatic heterocycles. The Kier molecular flexibility index (Phi) is 0.867. The summed E-state index contributed by atoms with van der Waals surface area (Å²) in [5.41, 5.74) is 8.38. The van der Waals surface area contributed by atoms with E-state index in [9.17, 15) is 4.79 Å². The van der Waals surface area contributed by atoms with E-state index in [2.05, 4.69) is 4.42 Å². The largest absolute Gasteiger partial charge is 0.420 e. The highest BCUT2D eigenvalue weighted by Crippen LogP contribution is 2.04. The van der Waals surface area contributed by atoms with Gasteiger partial charge in [-0.25, -0.2) is 4.79 Å². The van der Waals surface area contributed by atoms with Crippen molar-refractivity contribution in [3.8, 4) is 0 Å². The summed E-state index contributed by atoms with van der Waals surface area (Å²) >= 11 is 0.676. The average Bonchev–Trinajstić information content (AvgIpc) is 1.87. The van der Waals surface area contributed by atoms with Crippen LogP contribution in [0.25, 0.3) is 0 Å². The maximum absolute atomic E-state index is 9.98. The van der Waals surface area contributed by atoms with E-state index in [1.54, 1.807) is 0 Å². The number of nitrogens with zero attached hydrogens (tertiary/aromatic N) is 1. The number of hydrogen-bond acceptors (Lipinski definition) is 3. The van der Waals surface area contributed by atoms with Gasteiger partial charge in [0, 0.05) is 0 Å². The van der Waals surface area contributed by atoms with Crippen molar-refractivity contribution in [1.29, 1.82) is 0 Å². The summed E-state index contributed by atoms with van der Waals surface area (Å²) in [5, 5.41) is -0.0787. The Morgan fingerprint density at radius 2 is 2.57 bits per heavy atom. The van der Waals surface area contributed by atoms with E-state index in [0.717, 1.165) is 6.26 Å². The van der Waals surface area contributed by atoms with Crippen LogP contribution in [0.3, 0.4) is 0 Å². The van der Waals surface area contributed by atoms with Crippen LogP contribution in [-0.2, 0) is 0 Å². The Hall–Kier alpha value is -0.770. The topological polar surface area (TPSA) is 52.5 Å². The van der Waals surface area contributed by atoms with E-state index in [4.69, 9.17) is 5.73 Å². The Balaban J connectivity index is 3.30. The molecular formula is C3HNO2S. The molecule has 0 atom stereocenters. The van der Waals surface area contributed by atoms with Crippen molar-refractivity contribution >= 4 is 16.3 Å². The van der Waals surface area contributed by atoms with E-state index in [-0.39, 0.29) is 5.00 Å². The quantitative estimate of drug-likeness (QED) is 0.491.